The molecular weight excluding hydrogens is 307 g/mol. The van der Waals surface area contributed by atoms with Gasteiger partial charge < -0.3 is 5.73 Å². The van der Waals surface area contributed by atoms with Crippen LogP contribution in [0.15, 0.2) is 29.3 Å². The van der Waals surface area contributed by atoms with E-state index in [1.807, 2.05) is 0 Å². The normalized spacial score (nSPS) is 11.6. The molecular formula is C11H12ClFN4O2S. The number of nitrogens with zero attached hydrogens (tertiary/aromatic N) is 2. The zero-order valence-corrected chi connectivity index (χ0v) is 12.0. The van der Waals surface area contributed by atoms with Crippen molar-refractivity contribution in [3.63, 3.8) is 0 Å². The van der Waals surface area contributed by atoms with E-state index >= 15 is 0 Å². The van der Waals surface area contributed by atoms with Gasteiger partial charge in [0.2, 0.25) is 0 Å². The lowest BCUT2D eigenvalue weighted by molar-refractivity contribution is 0.598. The van der Waals surface area contributed by atoms with E-state index in [1.54, 1.807) is 6.92 Å². The number of hydrogen-bond acceptors (Lipinski definition) is 4. The van der Waals surface area contributed by atoms with Gasteiger partial charge >= 0.3 is 0 Å². The summed E-state index contributed by atoms with van der Waals surface area (Å²) in [6, 6.07) is 4.01. The second-order valence-electron chi connectivity index (χ2n) is 3.94. The van der Waals surface area contributed by atoms with Crippen LogP contribution in [0.5, 0.6) is 0 Å². The van der Waals surface area contributed by atoms with Crippen molar-refractivity contribution in [3.05, 3.63) is 35.2 Å². The third-order valence-electron chi connectivity index (χ3n) is 2.56. The van der Waals surface area contributed by atoms with Crippen LogP contribution < -0.4 is 10.5 Å². The number of nitrogens with two attached hydrogens (primary N) is 1. The Balaban J connectivity index is 2.40. The first kappa shape index (κ1) is 14.6. The Labute approximate surface area is 120 Å². The average Bonchev–Trinajstić information content (AvgIpc) is 2.77. The first-order chi connectivity index (χ1) is 9.35. The zero-order chi connectivity index (χ0) is 14.9. The predicted molar refractivity (Wildman–Crippen MR) is 74.5 cm³/mol. The molecule has 0 saturated heterocycles. The summed E-state index contributed by atoms with van der Waals surface area (Å²) in [5.74, 6) is -0.999. The molecule has 108 valence electrons. The molecule has 1 aromatic carbocycles. The zero-order valence-electron chi connectivity index (χ0n) is 10.5. The maximum Gasteiger partial charge on any atom is 0.267 e. The molecule has 0 bridgehead atoms. The largest absolute Gasteiger partial charge is 0.381 e. The molecule has 0 fully saturated rings. The van der Waals surface area contributed by atoms with Gasteiger partial charge in [-0.3, -0.25) is 9.40 Å². The number of nitrogens with one attached hydrogen (secondary N) is 1. The highest BCUT2D eigenvalue weighted by Crippen LogP contribution is 2.26. The Morgan fingerprint density at radius 1 is 1.50 bits per heavy atom. The van der Waals surface area contributed by atoms with E-state index in [9.17, 15) is 12.8 Å². The number of aryl methyl sites for hydroxylation is 1. The molecule has 1 aromatic heterocycles. The van der Waals surface area contributed by atoms with Gasteiger partial charge in [0.05, 0.1) is 10.7 Å². The third-order valence-corrected chi connectivity index (χ3v) is 4.24. The lowest BCUT2D eigenvalue weighted by Gasteiger charge is -2.08. The highest BCUT2D eigenvalue weighted by molar-refractivity contribution is 7.92. The molecule has 0 aliphatic carbocycles. The monoisotopic (exact) mass is 318 g/mol. The Hall–Kier alpha value is -1.80. The van der Waals surface area contributed by atoms with E-state index < -0.39 is 15.8 Å². The molecule has 0 aliphatic rings. The minimum atomic E-state index is -4.03. The van der Waals surface area contributed by atoms with Crippen molar-refractivity contribution >= 4 is 33.1 Å². The van der Waals surface area contributed by atoms with Gasteiger partial charge in [0.25, 0.3) is 10.0 Å². The van der Waals surface area contributed by atoms with Crippen LogP contribution in [0.4, 0.5) is 15.9 Å². The minimum Gasteiger partial charge on any atom is -0.381 e. The molecule has 6 nitrogen and oxygen atoms in total. The summed E-state index contributed by atoms with van der Waals surface area (Å²) in [6.45, 7) is 2.25. The molecule has 0 saturated carbocycles. The topological polar surface area (TPSA) is 90.0 Å². The van der Waals surface area contributed by atoms with Crippen LogP contribution in [0, 0.1) is 5.82 Å². The summed E-state index contributed by atoms with van der Waals surface area (Å²) in [5, 5.41) is 3.65. The van der Waals surface area contributed by atoms with Crippen molar-refractivity contribution < 1.29 is 12.8 Å². The van der Waals surface area contributed by atoms with Crippen molar-refractivity contribution in [2.75, 3.05) is 10.5 Å². The smallest absolute Gasteiger partial charge is 0.267 e. The Kier molecular flexibility index (Phi) is 3.87. The molecule has 0 unspecified atom stereocenters. The number of sulfonamides is 1. The van der Waals surface area contributed by atoms with E-state index in [2.05, 4.69) is 9.82 Å². The van der Waals surface area contributed by atoms with E-state index in [4.69, 9.17) is 17.3 Å². The molecule has 0 atom stereocenters. The summed E-state index contributed by atoms with van der Waals surface area (Å²) in [4.78, 5) is -0.210. The number of nitrogen functional groups attached to an aromatic ring is 1. The Morgan fingerprint density at radius 2 is 2.20 bits per heavy atom. The molecule has 0 aliphatic heterocycles. The van der Waals surface area contributed by atoms with E-state index in [-0.39, 0.29) is 21.4 Å². The lowest BCUT2D eigenvalue weighted by Crippen LogP contribution is -2.15. The first-order valence-electron chi connectivity index (χ1n) is 5.65. The molecule has 20 heavy (non-hydrogen) atoms. The maximum absolute atomic E-state index is 13.7. The Bertz CT molecular complexity index is 745. The minimum absolute atomic E-state index is 0.151. The van der Waals surface area contributed by atoms with Crippen molar-refractivity contribution in [1.29, 1.82) is 0 Å². The lowest BCUT2D eigenvalue weighted by atomic mass is 10.3. The van der Waals surface area contributed by atoms with Crippen LogP contribution in [0.1, 0.15) is 6.92 Å². The van der Waals surface area contributed by atoms with Crippen molar-refractivity contribution in [2.45, 2.75) is 18.4 Å². The van der Waals surface area contributed by atoms with Gasteiger partial charge in [-0.1, -0.05) is 17.7 Å². The summed E-state index contributed by atoms with van der Waals surface area (Å²) in [6.07, 6.45) is 1.28. The van der Waals surface area contributed by atoms with Crippen LogP contribution in [0.3, 0.4) is 0 Å². The second-order valence-corrected chi connectivity index (χ2v) is 6.00. The van der Waals surface area contributed by atoms with Crippen LogP contribution in [0.2, 0.25) is 5.02 Å². The van der Waals surface area contributed by atoms with Gasteiger partial charge in [-0.05, 0) is 19.1 Å². The molecule has 2 rings (SSSR count). The first-order valence-corrected chi connectivity index (χ1v) is 7.51. The summed E-state index contributed by atoms with van der Waals surface area (Å²) >= 11 is 5.60. The van der Waals surface area contributed by atoms with Crippen LogP contribution in [0.25, 0.3) is 0 Å². The molecule has 0 radical (unpaired) electrons. The summed E-state index contributed by atoms with van der Waals surface area (Å²) in [7, 11) is -4.03. The number of hydrogen-bond donors (Lipinski definition) is 2. The second kappa shape index (κ2) is 5.29. The van der Waals surface area contributed by atoms with Crippen LogP contribution in [-0.4, -0.2) is 18.2 Å². The fourth-order valence-electron chi connectivity index (χ4n) is 1.57. The highest BCUT2D eigenvalue weighted by atomic mass is 35.5. The maximum atomic E-state index is 13.7. The third kappa shape index (κ3) is 2.70. The van der Waals surface area contributed by atoms with Gasteiger partial charge in [-0.2, -0.15) is 5.10 Å². The van der Waals surface area contributed by atoms with E-state index in [1.165, 1.54) is 29.1 Å². The fourth-order valence-corrected chi connectivity index (χ4v) is 2.88. The van der Waals surface area contributed by atoms with Crippen molar-refractivity contribution in [2.24, 2.45) is 0 Å². The summed E-state index contributed by atoms with van der Waals surface area (Å²) in [5.41, 5.74) is 5.30. The van der Waals surface area contributed by atoms with Gasteiger partial charge in [0, 0.05) is 12.7 Å². The molecule has 0 amide bonds. The average molecular weight is 319 g/mol. The van der Waals surface area contributed by atoms with Gasteiger partial charge in [0.1, 0.15) is 4.90 Å². The number of benzene rings is 1. The van der Waals surface area contributed by atoms with Crippen LogP contribution in [-0.2, 0) is 16.6 Å². The molecule has 9 heteroatoms. The number of rotatable bonds is 4. The van der Waals surface area contributed by atoms with Gasteiger partial charge in [0.15, 0.2) is 11.6 Å². The van der Waals surface area contributed by atoms with Crippen molar-refractivity contribution in [3.8, 4) is 0 Å². The van der Waals surface area contributed by atoms with Crippen LogP contribution >= 0.6 is 11.6 Å². The highest BCUT2D eigenvalue weighted by Gasteiger charge is 2.22. The quantitative estimate of drug-likeness (QED) is 0.903. The SMILES string of the molecule is CCn1cc(S(=O)(=O)Nc2cccc(Cl)c2F)c(N)n1. The molecule has 2 aromatic rings. The number of halogens is 2. The predicted octanol–water partition coefficient (Wildman–Crippen LogP) is 2.08. The van der Waals surface area contributed by atoms with Crippen molar-refractivity contribution in [1.82, 2.24) is 9.78 Å². The standard InChI is InChI=1S/C11H12ClFN4O2S/c1-2-17-6-9(11(14)15-17)20(18,19)16-8-5-3-4-7(12)10(8)13/h3-6,16H,2H2,1H3,(H2,14,15). The molecule has 3 N–H and O–H groups in total. The van der Waals surface area contributed by atoms with Gasteiger partial charge in [-0.25, -0.2) is 12.8 Å². The van der Waals surface area contributed by atoms with E-state index in [0.717, 1.165) is 0 Å². The summed E-state index contributed by atoms with van der Waals surface area (Å²) < 4.78 is 41.5. The molecule has 0 spiro atoms. The van der Waals surface area contributed by atoms with E-state index in [0.29, 0.717) is 6.54 Å². The fraction of sp³-hybridized carbons (Fsp3) is 0.182. The molecule has 1 heterocycles. The van der Waals surface area contributed by atoms with Gasteiger partial charge in [-0.15, -0.1) is 0 Å². The Morgan fingerprint density at radius 3 is 2.80 bits per heavy atom. The number of aromatic nitrogens is 2. The number of anilines is 2.